The van der Waals surface area contributed by atoms with Gasteiger partial charge in [-0.15, -0.1) is 0 Å². The molecule has 3 N–H and O–H groups in total. The van der Waals surface area contributed by atoms with Gasteiger partial charge in [0.1, 0.15) is 6.04 Å². The average Bonchev–Trinajstić information content (AvgIpc) is 2.75. The number of rotatable bonds is 17. The van der Waals surface area contributed by atoms with E-state index in [1.807, 2.05) is 12.2 Å². The maximum Gasteiger partial charge on any atom is 0.330 e. The molecule has 178 valence electrons. The van der Waals surface area contributed by atoms with Gasteiger partial charge in [0.25, 0.3) is 0 Å². The van der Waals surface area contributed by atoms with Crippen LogP contribution in [0.15, 0.2) is 60.3 Å². The summed E-state index contributed by atoms with van der Waals surface area (Å²) in [4.78, 5) is 33.7. The number of allylic oxidation sites excluding steroid dienone is 10. The zero-order chi connectivity index (χ0) is 24.0. The van der Waals surface area contributed by atoms with Crippen LogP contribution in [0.5, 0.6) is 0 Å². The highest BCUT2D eigenvalue weighted by Crippen LogP contribution is 2.06. The average molecular weight is 446 g/mol. The van der Waals surface area contributed by atoms with Crippen LogP contribution in [0.2, 0.25) is 0 Å². The molecule has 1 atom stereocenters. The third-order valence-electron chi connectivity index (χ3n) is 4.43. The highest BCUT2D eigenvalue weighted by Gasteiger charge is 2.19. The molecule has 0 aromatic rings. The Labute approximate surface area is 192 Å². The van der Waals surface area contributed by atoms with Crippen molar-refractivity contribution in [3.63, 3.8) is 0 Å². The molecule has 1 unspecified atom stereocenters. The van der Waals surface area contributed by atoms with Gasteiger partial charge in [-0.1, -0.05) is 67.2 Å². The molecule has 0 saturated heterocycles. The predicted molar refractivity (Wildman–Crippen MR) is 129 cm³/mol. The first-order valence-electron chi connectivity index (χ1n) is 11.3. The molecular formula is C26H39NO5. The normalized spacial score (nSPS) is 13.5. The largest absolute Gasteiger partial charge is 0.481 e. The molecule has 0 bridgehead atoms. The molecule has 0 fully saturated rings. The Morgan fingerprint density at radius 2 is 1.53 bits per heavy atom. The Kier molecular flexibility index (Phi) is 18.5. The molecule has 0 saturated carbocycles. The summed E-state index contributed by atoms with van der Waals surface area (Å²) in [5.74, 6) is -2.56. The van der Waals surface area contributed by atoms with Gasteiger partial charge < -0.3 is 15.6 Å². The van der Waals surface area contributed by atoms with Crippen molar-refractivity contribution in [2.24, 2.45) is 5.73 Å². The molecule has 0 aliphatic heterocycles. The van der Waals surface area contributed by atoms with Gasteiger partial charge in [-0.25, -0.2) is 4.79 Å². The van der Waals surface area contributed by atoms with Crippen LogP contribution < -0.4 is 5.73 Å². The van der Waals surface area contributed by atoms with Crippen LogP contribution in [0, 0.1) is 0 Å². The molecule has 0 aliphatic carbocycles. The van der Waals surface area contributed by atoms with Gasteiger partial charge in [0.15, 0.2) is 0 Å². The van der Waals surface area contributed by atoms with Crippen molar-refractivity contribution < 1.29 is 24.2 Å². The lowest BCUT2D eigenvalue weighted by atomic mass is 10.1. The number of carboxylic acids is 1. The van der Waals surface area contributed by atoms with Gasteiger partial charge in [-0.3, -0.25) is 9.59 Å². The summed E-state index contributed by atoms with van der Waals surface area (Å²) in [7, 11) is 0. The molecule has 0 heterocycles. The molecule has 32 heavy (non-hydrogen) atoms. The summed E-state index contributed by atoms with van der Waals surface area (Å²) in [5.41, 5.74) is 6.84. The number of ether oxygens (including phenoxy) is 1. The summed E-state index contributed by atoms with van der Waals surface area (Å²) in [6.45, 7) is 4.27. The van der Waals surface area contributed by atoms with Crippen LogP contribution >= 0.6 is 0 Å². The van der Waals surface area contributed by atoms with Gasteiger partial charge >= 0.3 is 17.9 Å². The fourth-order valence-electron chi connectivity index (χ4n) is 2.54. The number of nitrogens with two attached hydrogens (primary N) is 1. The number of esters is 2. The first-order valence-corrected chi connectivity index (χ1v) is 11.3. The second kappa shape index (κ2) is 20.2. The topological polar surface area (TPSA) is 107 Å². The number of hydrogen-bond acceptors (Lipinski definition) is 5. The molecular weight excluding hydrogens is 406 g/mol. The minimum absolute atomic E-state index is 0.0546. The summed E-state index contributed by atoms with van der Waals surface area (Å²) in [6.07, 6.45) is 25.2. The Hall–Kier alpha value is -2.73. The Bertz CT molecular complexity index is 701. The molecule has 0 aromatic heterocycles. The number of hydrogen-bond donors (Lipinski definition) is 2. The Morgan fingerprint density at radius 1 is 0.906 bits per heavy atom. The monoisotopic (exact) mass is 445 g/mol. The molecule has 0 radical (unpaired) electrons. The minimum atomic E-state index is -1.09. The molecule has 0 amide bonds. The smallest absolute Gasteiger partial charge is 0.330 e. The van der Waals surface area contributed by atoms with E-state index in [2.05, 4.69) is 61.1 Å². The molecule has 0 aromatic carbocycles. The lowest BCUT2D eigenvalue weighted by Crippen LogP contribution is -2.34. The number of carboxylic acid groups (broad SMARTS) is 1. The summed E-state index contributed by atoms with van der Waals surface area (Å²) in [5, 5.41) is 8.56. The van der Waals surface area contributed by atoms with Crippen LogP contribution in [0.4, 0.5) is 0 Å². The van der Waals surface area contributed by atoms with Gasteiger partial charge in [-0.2, -0.15) is 0 Å². The predicted octanol–water partition coefficient (Wildman–Crippen LogP) is 5.56. The lowest BCUT2D eigenvalue weighted by Gasteiger charge is -2.08. The van der Waals surface area contributed by atoms with Crippen molar-refractivity contribution in [3.8, 4) is 0 Å². The zero-order valence-corrected chi connectivity index (χ0v) is 19.5. The van der Waals surface area contributed by atoms with Crippen LogP contribution in [0.3, 0.4) is 0 Å². The summed E-state index contributed by atoms with van der Waals surface area (Å²) < 4.78 is 4.64. The SMILES string of the molecule is CCC=CCC=CCC=C(C)CC=CCC=CCCCC(=O)OC(=O)C(N)CCC(=O)O. The third-order valence-corrected chi connectivity index (χ3v) is 4.43. The van der Waals surface area contributed by atoms with E-state index in [1.54, 1.807) is 0 Å². The van der Waals surface area contributed by atoms with Crippen LogP contribution in [-0.4, -0.2) is 29.1 Å². The zero-order valence-electron chi connectivity index (χ0n) is 19.5. The van der Waals surface area contributed by atoms with E-state index in [1.165, 1.54) is 5.57 Å². The first kappa shape index (κ1) is 29.3. The molecule has 0 spiro atoms. The van der Waals surface area contributed by atoms with Gasteiger partial charge in [0.2, 0.25) is 0 Å². The van der Waals surface area contributed by atoms with Crippen molar-refractivity contribution in [2.75, 3.05) is 0 Å². The fraction of sp³-hybridized carbons (Fsp3) is 0.500. The van der Waals surface area contributed by atoms with Crippen LogP contribution in [0.1, 0.15) is 78.1 Å². The van der Waals surface area contributed by atoms with Crippen molar-refractivity contribution in [1.82, 2.24) is 0 Å². The fourth-order valence-corrected chi connectivity index (χ4v) is 2.54. The van der Waals surface area contributed by atoms with Crippen molar-refractivity contribution in [3.05, 3.63) is 60.3 Å². The minimum Gasteiger partial charge on any atom is -0.481 e. The highest BCUT2D eigenvalue weighted by molar-refractivity contribution is 5.88. The van der Waals surface area contributed by atoms with E-state index in [4.69, 9.17) is 10.8 Å². The third kappa shape index (κ3) is 19.2. The van der Waals surface area contributed by atoms with Crippen LogP contribution in [-0.2, 0) is 19.1 Å². The van der Waals surface area contributed by atoms with Gasteiger partial charge in [-0.05, 0) is 58.3 Å². The van der Waals surface area contributed by atoms with E-state index < -0.39 is 23.9 Å². The quantitative estimate of drug-likeness (QED) is 0.131. The lowest BCUT2D eigenvalue weighted by molar-refractivity contribution is -0.160. The van der Waals surface area contributed by atoms with Crippen molar-refractivity contribution in [1.29, 1.82) is 0 Å². The van der Waals surface area contributed by atoms with Crippen LogP contribution in [0.25, 0.3) is 0 Å². The Morgan fingerprint density at radius 3 is 2.22 bits per heavy atom. The van der Waals surface area contributed by atoms with E-state index in [9.17, 15) is 14.4 Å². The number of aliphatic carboxylic acids is 1. The number of carbonyl (C=O) groups is 3. The maximum atomic E-state index is 11.6. The second-order valence-corrected chi connectivity index (χ2v) is 7.48. The standard InChI is InChI=1S/C26H39NO5/c1-3-4-5-6-8-11-14-17-22(2)18-15-12-9-7-10-13-16-19-25(30)32-26(31)23(27)20-21-24(28)29/h4-5,7-8,10-12,15,17,23H,3,6,9,13-14,16,18-21,27H2,1-2H3,(H,28,29). The molecule has 6 heteroatoms. The molecule has 0 rings (SSSR count). The summed E-state index contributed by atoms with van der Waals surface area (Å²) >= 11 is 0. The van der Waals surface area contributed by atoms with Crippen molar-refractivity contribution in [2.45, 2.75) is 84.1 Å². The highest BCUT2D eigenvalue weighted by atomic mass is 16.6. The van der Waals surface area contributed by atoms with E-state index in [0.29, 0.717) is 12.8 Å². The van der Waals surface area contributed by atoms with Gasteiger partial charge in [0, 0.05) is 12.8 Å². The summed E-state index contributed by atoms with van der Waals surface area (Å²) in [6, 6.07) is -1.09. The van der Waals surface area contributed by atoms with Gasteiger partial charge in [0.05, 0.1) is 0 Å². The second-order valence-electron chi connectivity index (χ2n) is 7.48. The maximum absolute atomic E-state index is 11.6. The number of carbonyl (C=O) groups excluding carboxylic acids is 2. The van der Waals surface area contributed by atoms with E-state index in [-0.39, 0.29) is 19.3 Å². The van der Waals surface area contributed by atoms with E-state index in [0.717, 1.165) is 32.1 Å². The Balaban J connectivity index is 3.86. The van der Waals surface area contributed by atoms with E-state index >= 15 is 0 Å². The van der Waals surface area contributed by atoms with Crippen molar-refractivity contribution >= 4 is 17.9 Å². The first-order chi connectivity index (χ1) is 15.4. The molecule has 0 aliphatic rings. The molecule has 6 nitrogen and oxygen atoms in total. The number of unbranched alkanes of at least 4 members (excludes halogenated alkanes) is 1.